The van der Waals surface area contributed by atoms with Crippen LogP contribution in [0.5, 0.6) is 0 Å². The summed E-state index contributed by atoms with van der Waals surface area (Å²) in [5.41, 5.74) is -0.232. The van der Waals surface area contributed by atoms with Crippen LogP contribution in [0.1, 0.15) is 23.7 Å². The fraction of sp³-hybridized carbons (Fsp3) is 0.462. The van der Waals surface area contributed by atoms with E-state index in [1.165, 1.54) is 12.1 Å². The van der Waals surface area contributed by atoms with Gasteiger partial charge in [0.15, 0.2) is 0 Å². The van der Waals surface area contributed by atoms with Crippen LogP contribution < -0.4 is 0 Å². The van der Waals surface area contributed by atoms with E-state index >= 15 is 0 Å². The van der Waals surface area contributed by atoms with E-state index in [2.05, 4.69) is 0 Å². The molecular weight excluding hydrogens is 300 g/mol. The number of thioether (sulfide) groups is 1. The van der Waals surface area contributed by atoms with Gasteiger partial charge in [0.2, 0.25) is 0 Å². The van der Waals surface area contributed by atoms with Crippen LogP contribution in [-0.4, -0.2) is 39.8 Å². The summed E-state index contributed by atoms with van der Waals surface area (Å²) >= 11 is 7.66. The van der Waals surface area contributed by atoms with Gasteiger partial charge < -0.3 is 4.90 Å². The third-order valence-electron chi connectivity index (χ3n) is 3.35. The first-order valence-corrected chi connectivity index (χ1v) is 7.87. The van der Waals surface area contributed by atoms with Crippen LogP contribution in [0.25, 0.3) is 0 Å². The summed E-state index contributed by atoms with van der Waals surface area (Å²) in [7, 11) is 0. The van der Waals surface area contributed by atoms with Gasteiger partial charge in [0, 0.05) is 18.3 Å². The van der Waals surface area contributed by atoms with Crippen molar-refractivity contribution in [3.63, 3.8) is 0 Å². The maximum Gasteiger partial charge on any atom is 0.300 e. The van der Waals surface area contributed by atoms with Crippen molar-refractivity contribution in [1.82, 2.24) is 4.90 Å². The predicted molar refractivity (Wildman–Crippen MR) is 80.5 cm³/mol. The number of para-hydroxylation sites is 1. The van der Waals surface area contributed by atoms with Gasteiger partial charge in [0.25, 0.3) is 5.91 Å². The number of carbonyl (C=O) groups is 1. The van der Waals surface area contributed by atoms with E-state index in [1.54, 1.807) is 22.7 Å². The van der Waals surface area contributed by atoms with E-state index in [1.807, 2.05) is 6.92 Å². The monoisotopic (exact) mass is 314 g/mol. The Kier molecular flexibility index (Phi) is 4.88. The first-order chi connectivity index (χ1) is 9.52. The Morgan fingerprint density at radius 3 is 2.95 bits per heavy atom. The summed E-state index contributed by atoms with van der Waals surface area (Å²) in [4.78, 5) is 24.8. The van der Waals surface area contributed by atoms with Gasteiger partial charge in [0.05, 0.1) is 4.92 Å². The summed E-state index contributed by atoms with van der Waals surface area (Å²) in [5.74, 6) is 1.54. The van der Waals surface area contributed by atoms with Gasteiger partial charge in [-0.05, 0) is 31.2 Å². The molecule has 1 aliphatic rings. The van der Waals surface area contributed by atoms with Crippen molar-refractivity contribution in [2.75, 3.05) is 18.1 Å². The van der Waals surface area contributed by atoms with Crippen molar-refractivity contribution >= 4 is 35.0 Å². The Labute approximate surface area is 126 Å². The first-order valence-electron chi connectivity index (χ1n) is 6.34. The number of benzene rings is 1. The van der Waals surface area contributed by atoms with Crippen LogP contribution in [0.15, 0.2) is 18.2 Å². The second-order valence-electron chi connectivity index (χ2n) is 4.64. The molecule has 7 heteroatoms. The summed E-state index contributed by atoms with van der Waals surface area (Å²) in [6.07, 6.45) is 0.894. The molecule has 2 rings (SSSR count). The zero-order chi connectivity index (χ0) is 14.7. The molecule has 1 fully saturated rings. The SMILES string of the molecule is C[C@@H]1CCSCCN1C(=O)c1cccc(Cl)c1[N+](=O)[O-]. The molecule has 1 aromatic rings. The molecule has 108 valence electrons. The van der Waals surface area contributed by atoms with E-state index in [0.29, 0.717) is 6.54 Å². The van der Waals surface area contributed by atoms with Gasteiger partial charge >= 0.3 is 5.69 Å². The minimum atomic E-state index is -0.590. The highest BCUT2D eigenvalue weighted by molar-refractivity contribution is 7.99. The number of hydrogen-bond donors (Lipinski definition) is 0. The standard InChI is InChI=1S/C13H15ClN2O3S/c1-9-5-7-20-8-6-15(9)13(17)10-3-2-4-11(14)12(10)16(18)19/h2-4,9H,5-8H2,1H3/t9-/m1/s1. The Bertz CT molecular complexity index is 538. The number of nitro groups is 1. The fourth-order valence-electron chi connectivity index (χ4n) is 2.22. The molecule has 1 aliphatic heterocycles. The minimum Gasteiger partial charge on any atom is -0.335 e. The zero-order valence-electron chi connectivity index (χ0n) is 11.0. The topological polar surface area (TPSA) is 63.5 Å². The number of carbonyl (C=O) groups excluding carboxylic acids is 1. The zero-order valence-corrected chi connectivity index (χ0v) is 12.6. The van der Waals surface area contributed by atoms with Gasteiger partial charge in [-0.1, -0.05) is 17.7 Å². The average Bonchev–Trinajstić information content (AvgIpc) is 2.62. The quantitative estimate of drug-likeness (QED) is 0.621. The second kappa shape index (κ2) is 6.45. The van der Waals surface area contributed by atoms with Crippen LogP contribution in [0.3, 0.4) is 0 Å². The van der Waals surface area contributed by atoms with Crippen LogP contribution in [0.2, 0.25) is 5.02 Å². The summed E-state index contributed by atoms with van der Waals surface area (Å²) in [5, 5.41) is 11.1. The molecule has 1 amide bonds. The number of hydrogen-bond acceptors (Lipinski definition) is 4. The molecule has 0 radical (unpaired) electrons. The Morgan fingerprint density at radius 1 is 1.50 bits per heavy atom. The average molecular weight is 315 g/mol. The van der Waals surface area contributed by atoms with Crippen molar-refractivity contribution in [2.24, 2.45) is 0 Å². The van der Waals surface area contributed by atoms with E-state index in [9.17, 15) is 14.9 Å². The number of amides is 1. The third-order valence-corrected chi connectivity index (χ3v) is 4.65. The molecule has 0 spiro atoms. The molecule has 0 saturated carbocycles. The highest BCUT2D eigenvalue weighted by atomic mass is 35.5. The molecular formula is C13H15ClN2O3S. The summed E-state index contributed by atoms with van der Waals surface area (Å²) in [6.45, 7) is 2.58. The van der Waals surface area contributed by atoms with Crippen LogP contribution in [0.4, 0.5) is 5.69 Å². The van der Waals surface area contributed by atoms with Gasteiger partial charge in [-0.3, -0.25) is 14.9 Å². The van der Waals surface area contributed by atoms with Gasteiger partial charge in [-0.2, -0.15) is 11.8 Å². The highest BCUT2D eigenvalue weighted by Gasteiger charge is 2.30. The van der Waals surface area contributed by atoms with Crippen molar-refractivity contribution in [3.05, 3.63) is 38.9 Å². The van der Waals surface area contributed by atoms with E-state index in [0.717, 1.165) is 17.9 Å². The smallest absolute Gasteiger partial charge is 0.300 e. The van der Waals surface area contributed by atoms with Crippen LogP contribution in [-0.2, 0) is 0 Å². The first kappa shape index (κ1) is 15.1. The molecule has 5 nitrogen and oxygen atoms in total. The number of nitro benzene ring substituents is 1. The summed E-state index contributed by atoms with van der Waals surface area (Å²) < 4.78 is 0. The molecule has 0 bridgehead atoms. The van der Waals surface area contributed by atoms with E-state index in [-0.39, 0.29) is 28.2 Å². The molecule has 1 heterocycles. The Morgan fingerprint density at radius 2 is 2.25 bits per heavy atom. The van der Waals surface area contributed by atoms with Gasteiger partial charge in [0.1, 0.15) is 10.6 Å². The molecule has 20 heavy (non-hydrogen) atoms. The predicted octanol–water partition coefficient (Wildman–Crippen LogP) is 3.22. The number of halogens is 1. The lowest BCUT2D eigenvalue weighted by atomic mass is 10.1. The molecule has 0 unspecified atom stereocenters. The minimum absolute atomic E-state index is 0.00213. The van der Waals surface area contributed by atoms with E-state index < -0.39 is 4.92 Å². The van der Waals surface area contributed by atoms with Crippen molar-refractivity contribution < 1.29 is 9.72 Å². The van der Waals surface area contributed by atoms with Crippen LogP contribution in [0, 0.1) is 10.1 Å². The van der Waals surface area contributed by atoms with Gasteiger partial charge in [-0.25, -0.2) is 0 Å². The lowest BCUT2D eigenvalue weighted by Crippen LogP contribution is -2.39. The molecule has 1 aromatic carbocycles. The normalized spacial score (nSPS) is 19.5. The molecule has 1 saturated heterocycles. The number of nitrogens with zero attached hydrogens (tertiary/aromatic N) is 2. The summed E-state index contributed by atoms with van der Waals surface area (Å²) in [6, 6.07) is 4.55. The lowest BCUT2D eigenvalue weighted by molar-refractivity contribution is -0.385. The van der Waals surface area contributed by atoms with Crippen LogP contribution >= 0.6 is 23.4 Å². The van der Waals surface area contributed by atoms with Gasteiger partial charge in [-0.15, -0.1) is 0 Å². The largest absolute Gasteiger partial charge is 0.335 e. The highest BCUT2D eigenvalue weighted by Crippen LogP contribution is 2.30. The van der Waals surface area contributed by atoms with E-state index in [4.69, 9.17) is 11.6 Å². The third kappa shape index (κ3) is 3.07. The molecule has 0 aliphatic carbocycles. The second-order valence-corrected chi connectivity index (χ2v) is 6.27. The number of rotatable bonds is 2. The maximum absolute atomic E-state index is 12.6. The van der Waals surface area contributed by atoms with Crippen molar-refractivity contribution in [3.8, 4) is 0 Å². The van der Waals surface area contributed by atoms with Crippen molar-refractivity contribution in [2.45, 2.75) is 19.4 Å². The molecule has 1 atom stereocenters. The maximum atomic E-state index is 12.6. The lowest BCUT2D eigenvalue weighted by Gasteiger charge is -2.26. The Hall–Kier alpha value is -1.27. The Balaban J connectivity index is 2.37. The molecule has 0 aromatic heterocycles. The fourth-order valence-corrected chi connectivity index (χ4v) is 3.51. The molecule has 0 N–H and O–H groups in total. The van der Waals surface area contributed by atoms with Crippen molar-refractivity contribution in [1.29, 1.82) is 0 Å².